The number of aliphatic hydroxyl groups is 1. The van der Waals surface area contributed by atoms with Gasteiger partial charge < -0.3 is 9.84 Å². The number of aliphatic hydroxyl groups excluding tert-OH is 1. The highest BCUT2D eigenvalue weighted by atomic mass is 16.5. The van der Waals surface area contributed by atoms with Gasteiger partial charge in [-0.1, -0.05) is 29.8 Å². The molecule has 0 heterocycles. The number of ether oxygens (including phenoxy) is 1. The second-order valence-corrected chi connectivity index (χ2v) is 4.76. The molecule has 1 aromatic carbocycles. The molecule has 0 aliphatic carbocycles. The molecule has 94 valence electrons. The summed E-state index contributed by atoms with van der Waals surface area (Å²) in [4.78, 5) is 11.8. The normalized spacial score (nSPS) is 13.2. The molecule has 0 saturated carbocycles. The van der Waals surface area contributed by atoms with Gasteiger partial charge in [0.2, 0.25) is 0 Å². The van der Waals surface area contributed by atoms with E-state index < -0.39 is 11.5 Å². The summed E-state index contributed by atoms with van der Waals surface area (Å²) in [5.74, 6) is -0.381. The number of carbonyl (C=O) groups is 1. The van der Waals surface area contributed by atoms with Gasteiger partial charge in [-0.2, -0.15) is 0 Å². The largest absolute Gasteiger partial charge is 0.465 e. The van der Waals surface area contributed by atoms with Crippen LogP contribution in [0.2, 0.25) is 0 Å². The number of carbonyl (C=O) groups excluding carboxylic acids is 1. The topological polar surface area (TPSA) is 46.5 Å². The Labute approximate surface area is 102 Å². The van der Waals surface area contributed by atoms with E-state index in [1.54, 1.807) is 20.8 Å². The highest BCUT2D eigenvalue weighted by molar-refractivity contribution is 5.77. The van der Waals surface area contributed by atoms with Crippen LogP contribution in [0.4, 0.5) is 0 Å². The van der Waals surface area contributed by atoms with E-state index >= 15 is 0 Å². The number of aryl methyl sites for hydroxylation is 1. The maximum absolute atomic E-state index is 11.8. The van der Waals surface area contributed by atoms with Crippen molar-refractivity contribution >= 4 is 5.97 Å². The van der Waals surface area contributed by atoms with Gasteiger partial charge in [0.25, 0.3) is 0 Å². The number of esters is 1. The maximum Gasteiger partial charge on any atom is 0.314 e. The summed E-state index contributed by atoms with van der Waals surface area (Å²) in [6.45, 7) is 7.42. The Hall–Kier alpha value is -1.35. The molecule has 0 aliphatic rings. The first-order valence-corrected chi connectivity index (χ1v) is 5.81. The van der Waals surface area contributed by atoms with Crippen LogP contribution >= 0.6 is 0 Å². The molecule has 3 heteroatoms. The zero-order valence-electron chi connectivity index (χ0n) is 10.9. The molecule has 0 bridgehead atoms. The van der Waals surface area contributed by atoms with Gasteiger partial charge in [-0.15, -0.1) is 0 Å². The van der Waals surface area contributed by atoms with Crippen LogP contribution in [0.25, 0.3) is 0 Å². The van der Waals surface area contributed by atoms with Crippen molar-refractivity contribution in [1.82, 2.24) is 0 Å². The molecular formula is C14H20O3. The molecule has 0 saturated heterocycles. The van der Waals surface area contributed by atoms with E-state index in [2.05, 4.69) is 0 Å². The van der Waals surface area contributed by atoms with E-state index in [1.165, 1.54) is 0 Å². The summed E-state index contributed by atoms with van der Waals surface area (Å²) < 4.78 is 4.98. The Balaban J connectivity index is 2.95. The molecular weight excluding hydrogens is 216 g/mol. The zero-order valence-corrected chi connectivity index (χ0v) is 10.9. The average Bonchev–Trinajstić information content (AvgIpc) is 2.28. The lowest BCUT2D eigenvalue weighted by Gasteiger charge is -2.28. The van der Waals surface area contributed by atoms with E-state index in [4.69, 9.17) is 4.74 Å². The molecule has 1 atom stereocenters. The molecule has 0 fully saturated rings. The van der Waals surface area contributed by atoms with Crippen LogP contribution in [-0.2, 0) is 9.53 Å². The van der Waals surface area contributed by atoms with E-state index in [9.17, 15) is 9.90 Å². The van der Waals surface area contributed by atoms with Crippen molar-refractivity contribution in [1.29, 1.82) is 0 Å². The Bertz CT molecular complexity index is 396. The van der Waals surface area contributed by atoms with Gasteiger partial charge in [0.15, 0.2) is 0 Å². The van der Waals surface area contributed by atoms with Crippen LogP contribution in [0.15, 0.2) is 24.3 Å². The van der Waals surface area contributed by atoms with E-state index in [1.807, 2.05) is 31.2 Å². The monoisotopic (exact) mass is 236 g/mol. The fourth-order valence-electron chi connectivity index (χ4n) is 1.69. The van der Waals surface area contributed by atoms with E-state index in [-0.39, 0.29) is 5.97 Å². The number of hydrogen-bond donors (Lipinski definition) is 1. The molecule has 1 aromatic rings. The van der Waals surface area contributed by atoms with Gasteiger partial charge in [-0.3, -0.25) is 4.79 Å². The first-order chi connectivity index (χ1) is 7.89. The predicted octanol–water partition coefficient (Wildman–Crippen LogP) is 2.62. The Morgan fingerprint density at radius 1 is 1.47 bits per heavy atom. The van der Waals surface area contributed by atoms with Crippen LogP contribution in [0, 0.1) is 12.3 Å². The van der Waals surface area contributed by atoms with Crippen molar-refractivity contribution in [2.45, 2.75) is 33.8 Å². The van der Waals surface area contributed by atoms with Crippen molar-refractivity contribution in [2.75, 3.05) is 6.61 Å². The van der Waals surface area contributed by atoms with Crippen LogP contribution in [0.5, 0.6) is 0 Å². The molecule has 0 aliphatic heterocycles. The summed E-state index contributed by atoms with van der Waals surface area (Å²) in [6, 6.07) is 7.52. The molecule has 0 aromatic heterocycles. The van der Waals surface area contributed by atoms with Crippen molar-refractivity contribution < 1.29 is 14.6 Å². The van der Waals surface area contributed by atoms with Crippen LogP contribution in [0.1, 0.15) is 38.0 Å². The van der Waals surface area contributed by atoms with Gasteiger partial charge >= 0.3 is 5.97 Å². The first kappa shape index (κ1) is 13.7. The molecule has 0 spiro atoms. The highest BCUT2D eigenvalue weighted by Crippen LogP contribution is 2.34. The SMILES string of the molecule is CCOC(=O)C(C)(C)C(O)c1cccc(C)c1. The Morgan fingerprint density at radius 2 is 2.12 bits per heavy atom. The Kier molecular flexibility index (Phi) is 4.29. The van der Waals surface area contributed by atoms with Crippen LogP contribution in [-0.4, -0.2) is 17.7 Å². The minimum atomic E-state index is -0.941. The van der Waals surface area contributed by atoms with Crippen molar-refractivity contribution in [2.24, 2.45) is 5.41 Å². The fraction of sp³-hybridized carbons (Fsp3) is 0.500. The van der Waals surface area contributed by atoms with E-state index in [0.717, 1.165) is 11.1 Å². The molecule has 0 amide bonds. The molecule has 1 unspecified atom stereocenters. The summed E-state index contributed by atoms with van der Waals surface area (Å²) in [5, 5.41) is 10.3. The maximum atomic E-state index is 11.8. The van der Waals surface area contributed by atoms with Crippen LogP contribution < -0.4 is 0 Å². The average molecular weight is 236 g/mol. The van der Waals surface area contributed by atoms with Crippen LogP contribution in [0.3, 0.4) is 0 Å². The lowest BCUT2D eigenvalue weighted by Crippen LogP contribution is -2.33. The molecule has 0 radical (unpaired) electrons. The molecule has 3 nitrogen and oxygen atoms in total. The van der Waals surface area contributed by atoms with E-state index in [0.29, 0.717) is 6.61 Å². The van der Waals surface area contributed by atoms with Crippen molar-refractivity contribution in [3.8, 4) is 0 Å². The van der Waals surface area contributed by atoms with Gasteiger partial charge in [-0.25, -0.2) is 0 Å². The molecule has 17 heavy (non-hydrogen) atoms. The third-order valence-corrected chi connectivity index (χ3v) is 2.84. The quantitative estimate of drug-likeness (QED) is 0.817. The third-order valence-electron chi connectivity index (χ3n) is 2.84. The Morgan fingerprint density at radius 3 is 2.65 bits per heavy atom. The first-order valence-electron chi connectivity index (χ1n) is 5.81. The van der Waals surface area contributed by atoms with Crippen molar-refractivity contribution in [3.63, 3.8) is 0 Å². The summed E-state index contributed by atoms with van der Waals surface area (Å²) in [6.07, 6.45) is -0.860. The minimum absolute atomic E-state index is 0.322. The second kappa shape index (κ2) is 5.32. The number of hydrogen-bond acceptors (Lipinski definition) is 3. The fourth-order valence-corrected chi connectivity index (χ4v) is 1.69. The van der Waals surface area contributed by atoms with Crippen molar-refractivity contribution in [3.05, 3.63) is 35.4 Å². The number of benzene rings is 1. The minimum Gasteiger partial charge on any atom is -0.465 e. The van der Waals surface area contributed by atoms with Gasteiger partial charge in [0.05, 0.1) is 18.1 Å². The smallest absolute Gasteiger partial charge is 0.314 e. The lowest BCUT2D eigenvalue weighted by atomic mass is 9.82. The van der Waals surface area contributed by atoms with Gasteiger partial charge in [0.1, 0.15) is 0 Å². The third kappa shape index (κ3) is 3.07. The zero-order chi connectivity index (χ0) is 13.1. The summed E-state index contributed by atoms with van der Waals surface area (Å²) >= 11 is 0. The summed E-state index contributed by atoms with van der Waals surface area (Å²) in [7, 11) is 0. The highest BCUT2D eigenvalue weighted by Gasteiger charge is 2.38. The van der Waals surface area contributed by atoms with Gasteiger partial charge in [0, 0.05) is 0 Å². The second-order valence-electron chi connectivity index (χ2n) is 4.76. The lowest BCUT2D eigenvalue weighted by molar-refractivity contribution is -0.160. The standard InChI is InChI=1S/C14H20O3/c1-5-17-13(16)14(3,4)12(15)11-8-6-7-10(2)9-11/h6-9,12,15H,5H2,1-4H3. The predicted molar refractivity (Wildman–Crippen MR) is 66.6 cm³/mol. The molecule has 1 N–H and O–H groups in total. The van der Waals surface area contributed by atoms with Gasteiger partial charge in [-0.05, 0) is 33.3 Å². The summed E-state index contributed by atoms with van der Waals surface area (Å²) in [5.41, 5.74) is 0.855. The number of rotatable bonds is 4. The molecule has 1 rings (SSSR count).